The minimum atomic E-state index is -1.15. The van der Waals surface area contributed by atoms with Crippen LogP contribution in [0.2, 0.25) is 0 Å². The highest BCUT2D eigenvalue weighted by atomic mass is 19.1. The van der Waals surface area contributed by atoms with E-state index >= 15 is 0 Å². The van der Waals surface area contributed by atoms with Crippen molar-refractivity contribution in [1.82, 2.24) is 24.9 Å². The van der Waals surface area contributed by atoms with Gasteiger partial charge in [-0.15, -0.1) is 0 Å². The molecular formula is C25H36FN5O3. The predicted molar refractivity (Wildman–Crippen MR) is 126 cm³/mol. The van der Waals surface area contributed by atoms with E-state index in [1.54, 1.807) is 12.1 Å². The van der Waals surface area contributed by atoms with Crippen molar-refractivity contribution < 1.29 is 18.8 Å². The maximum Gasteiger partial charge on any atom is 0.326 e. The van der Waals surface area contributed by atoms with E-state index in [2.05, 4.69) is 15.1 Å². The second-order valence-electron chi connectivity index (χ2n) is 9.66. The lowest BCUT2D eigenvalue weighted by atomic mass is 9.85. The molecule has 0 spiro atoms. The van der Waals surface area contributed by atoms with Crippen molar-refractivity contribution in [2.75, 3.05) is 52.5 Å². The van der Waals surface area contributed by atoms with Crippen LogP contribution in [0.1, 0.15) is 51.0 Å². The Hall–Kier alpha value is -2.52. The van der Waals surface area contributed by atoms with Gasteiger partial charge < -0.3 is 10.2 Å². The summed E-state index contributed by atoms with van der Waals surface area (Å²) in [6, 6.07) is 5.42. The fourth-order valence-electron chi connectivity index (χ4n) is 5.16. The molecule has 4 amide bonds. The van der Waals surface area contributed by atoms with E-state index in [1.807, 2.05) is 11.8 Å². The first kappa shape index (κ1) is 24.6. The van der Waals surface area contributed by atoms with Crippen LogP contribution in [0.25, 0.3) is 0 Å². The van der Waals surface area contributed by atoms with Crippen molar-refractivity contribution in [1.29, 1.82) is 0 Å². The van der Waals surface area contributed by atoms with Crippen molar-refractivity contribution in [3.63, 3.8) is 0 Å². The molecule has 8 nitrogen and oxygen atoms in total. The normalized spacial score (nSPS) is 24.5. The average molecular weight is 474 g/mol. The van der Waals surface area contributed by atoms with Gasteiger partial charge in [0.1, 0.15) is 11.4 Å². The zero-order chi connectivity index (χ0) is 24.1. The highest BCUT2D eigenvalue weighted by Crippen LogP contribution is 2.34. The first-order valence-corrected chi connectivity index (χ1v) is 12.6. The Morgan fingerprint density at radius 3 is 2.26 bits per heavy atom. The Kier molecular flexibility index (Phi) is 7.83. The number of nitrogens with one attached hydrogen (secondary N) is 1. The van der Waals surface area contributed by atoms with Gasteiger partial charge in [0.15, 0.2) is 0 Å². The molecule has 3 fully saturated rings. The van der Waals surface area contributed by atoms with Gasteiger partial charge in [-0.05, 0) is 43.4 Å². The molecule has 1 N–H and O–H groups in total. The van der Waals surface area contributed by atoms with Crippen LogP contribution >= 0.6 is 0 Å². The summed E-state index contributed by atoms with van der Waals surface area (Å²) in [6.45, 7) is 7.22. The van der Waals surface area contributed by atoms with Gasteiger partial charge in [-0.2, -0.15) is 0 Å². The number of piperazine rings is 1. The molecule has 0 aromatic heterocycles. The lowest BCUT2D eigenvalue weighted by molar-refractivity contribution is -0.134. The smallest absolute Gasteiger partial charge is 0.326 e. The maximum atomic E-state index is 13.5. The van der Waals surface area contributed by atoms with E-state index in [-0.39, 0.29) is 24.3 Å². The molecule has 0 bridgehead atoms. The third kappa shape index (κ3) is 5.25. The van der Waals surface area contributed by atoms with Gasteiger partial charge in [-0.1, -0.05) is 31.9 Å². The van der Waals surface area contributed by atoms with Crippen LogP contribution < -0.4 is 5.32 Å². The number of likely N-dealkylation sites (tertiary alicyclic amines) is 1. The number of carbonyl (C=O) groups is 3. The monoisotopic (exact) mass is 473 g/mol. The van der Waals surface area contributed by atoms with Gasteiger partial charge in [0.25, 0.3) is 5.91 Å². The van der Waals surface area contributed by atoms with Crippen molar-refractivity contribution >= 4 is 17.8 Å². The van der Waals surface area contributed by atoms with E-state index in [1.165, 1.54) is 23.5 Å². The van der Waals surface area contributed by atoms with Crippen molar-refractivity contribution in [3.05, 3.63) is 35.6 Å². The molecule has 0 aliphatic carbocycles. The third-order valence-electron chi connectivity index (χ3n) is 7.29. The Morgan fingerprint density at radius 1 is 0.971 bits per heavy atom. The lowest BCUT2D eigenvalue weighted by Gasteiger charge is -2.37. The molecule has 3 aliphatic rings. The molecule has 4 rings (SSSR count). The summed E-state index contributed by atoms with van der Waals surface area (Å²) in [5, 5.41) is 2.93. The van der Waals surface area contributed by atoms with E-state index in [4.69, 9.17) is 0 Å². The van der Waals surface area contributed by atoms with Gasteiger partial charge in [-0.3, -0.25) is 19.4 Å². The summed E-state index contributed by atoms with van der Waals surface area (Å²) in [7, 11) is 0. The predicted octanol–water partition coefficient (Wildman–Crippen LogP) is 2.35. The molecule has 0 unspecified atom stereocenters. The Bertz CT molecular complexity index is 881. The average Bonchev–Trinajstić information content (AvgIpc) is 3.10. The Morgan fingerprint density at radius 2 is 1.62 bits per heavy atom. The van der Waals surface area contributed by atoms with Crippen LogP contribution in [0.15, 0.2) is 24.3 Å². The fourth-order valence-corrected chi connectivity index (χ4v) is 5.16. The maximum absolute atomic E-state index is 13.5. The van der Waals surface area contributed by atoms with Gasteiger partial charge in [0, 0.05) is 39.3 Å². The molecule has 3 aliphatic heterocycles. The number of unbranched alkanes of at least 4 members (excludes halogenated alkanes) is 1. The highest BCUT2D eigenvalue weighted by molar-refractivity contribution is 6.07. The van der Waals surface area contributed by atoms with Crippen LogP contribution in [-0.4, -0.2) is 89.9 Å². The van der Waals surface area contributed by atoms with Crippen LogP contribution in [0, 0.1) is 5.82 Å². The topological polar surface area (TPSA) is 76.2 Å². The number of halogens is 1. The molecule has 3 saturated heterocycles. The van der Waals surface area contributed by atoms with Gasteiger partial charge in [0.05, 0.1) is 13.2 Å². The number of hydrogen-bond donors (Lipinski definition) is 1. The second-order valence-corrected chi connectivity index (χ2v) is 9.66. The SMILES string of the molecule is CCCC[C@@]1(c2ccc(F)cc2)NC(=O)N(CN2CCN(CC(=O)N3CCCCC3)CC2)C1=O. The molecular weight excluding hydrogens is 437 g/mol. The van der Waals surface area contributed by atoms with Gasteiger partial charge in [0.2, 0.25) is 5.91 Å². The fraction of sp³-hybridized carbons (Fsp3) is 0.640. The summed E-state index contributed by atoms with van der Waals surface area (Å²) in [6.07, 6.45) is 5.49. The number of carbonyl (C=O) groups excluding carboxylic acids is 3. The molecule has 9 heteroatoms. The number of hydrogen-bond acceptors (Lipinski definition) is 5. The minimum absolute atomic E-state index is 0.197. The van der Waals surface area contributed by atoms with Gasteiger partial charge >= 0.3 is 6.03 Å². The summed E-state index contributed by atoms with van der Waals surface area (Å²) in [4.78, 5) is 46.5. The molecule has 3 heterocycles. The number of nitrogens with zero attached hydrogens (tertiary/aromatic N) is 4. The minimum Gasteiger partial charge on any atom is -0.342 e. The molecule has 0 radical (unpaired) electrons. The highest BCUT2D eigenvalue weighted by Gasteiger charge is 2.52. The molecule has 1 aromatic rings. The zero-order valence-electron chi connectivity index (χ0n) is 20.1. The van der Waals surface area contributed by atoms with Gasteiger partial charge in [-0.25, -0.2) is 14.1 Å². The van der Waals surface area contributed by atoms with E-state index in [9.17, 15) is 18.8 Å². The first-order chi connectivity index (χ1) is 16.4. The molecule has 0 saturated carbocycles. The van der Waals surface area contributed by atoms with Crippen LogP contribution in [0.3, 0.4) is 0 Å². The third-order valence-corrected chi connectivity index (χ3v) is 7.29. The molecule has 34 heavy (non-hydrogen) atoms. The summed E-state index contributed by atoms with van der Waals surface area (Å²) in [5.41, 5.74) is -0.534. The second kappa shape index (κ2) is 10.8. The largest absolute Gasteiger partial charge is 0.342 e. The van der Waals surface area contributed by atoms with Crippen molar-refractivity contribution in [2.24, 2.45) is 0 Å². The summed E-state index contributed by atoms with van der Waals surface area (Å²) in [5.74, 6) is -0.456. The van der Waals surface area contributed by atoms with Crippen LogP contribution in [0.5, 0.6) is 0 Å². The Balaban J connectivity index is 1.35. The molecule has 186 valence electrons. The van der Waals surface area contributed by atoms with Crippen molar-refractivity contribution in [3.8, 4) is 0 Å². The number of amides is 4. The summed E-state index contributed by atoms with van der Waals surface area (Å²) >= 11 is 0. The van der Waals surface area contributed by atoms with Crippen LogP contribution in [-0.2, 0) is 15.1 Å². The van der Waals surface area contributed by atoms with E-state index in [0.29, 0.717) is 31.6 Å². The van der Waals surface area contributed by atoms with E-state index in [0.717, 1.165) is 51.9 Å². The molecule has 1 atom stereocenters. The number of rotatable bonds is 8. The van der Waals surface area contributed by atoms with E-state index < -0.39 is 11.6 Å². The summed E-state index contributed by atoms with van der Waals surface area (Å²) < 4.78 is 13.5. The lowest BCUT2D eigenvalue weighted by Crippen LogP contribution is -2.53. The van der Waals surface area contributed by atoms with Crippen LogP contribution in [0.4, 0.5) is 9.18 Å². The quantitative estimate of drug-likeness (QED) is 0.587. The Labute approximate surface area is 201 Å². The van der Waals surface area contributed by atoms with Crippen molar-refractivity contribution in [2.45, 2.75) is 51.0 Å². The number of imide groups is 1. The number of urea groups is 1. The zero-order valence-corrected chi connectivity index (χ0v) is 20.1. The standard InChI is InChI=1S/C25H36FN5O3/c1-2-3-11-25(20-7-9-21(26)10-8-20)23(33)31(24(34)27-25)19-29-16-14-28(15-17-29)18-22(32)30-12-5-4-6-13-30/h7-10H,2-6,11-19H2,1H3,(H,27,34)/t25-/m0/s1. The number of benzene rings is 1. The number of piperidine rings is 1. The molecule has 1 aromatic carbocycles. The first-order valence-electron chi connectivity index (χ1n) is 12.6.